The highest BCUT2D eigenvalue weighted by atomic mass is 16.5. The molecule has 1 N–H and O–H groups in total. The van der Waals surface area contributed by atoms with Gasteiger partial charge in [-0.05, 0) is 24.3 Å². The van der Waals surface area contributed by atoms with E-state index in [0.29, 0.717) is 23.4 Å². The predicted octanol–water partition coefficient (Wildman–Crippen LogP) is 1.87. The molecule has 0 spiro atoms. The summed E-state index contributed by atoms with van der Waals surface area (Å²) in [6, 6.07) is 6.47. The molecule has 0 aliphatic heterocycles. The summed E-state index contributed by atoms with van der Waals surface area (Å²) in [7, 11) is 1.31. The van der Waals surface area contributed by atoms with Crippen LogP contribution in [0.2, 0.25) is 0 Å². The summed E-state index contributed by atoms with van der Waals surface area (Å²) in [5.41, 5.74) is 0.954. The van der Waals surface area contributed by atoms with Crippen LogP contribution in [0.3, 0.4) is 0 Å². The van der Waals surface area contributed by atoms with E-state index in [-0.39, 0.29) is 5.76 Å². The maximum Gasteiger partial charge on any atom is 0.354 e. The maximum atomic E-state index is 11.2. The third-order valence-corrected chi connectivity index (χ3v) is 2.10. The van der Waals surface area contributed by atoms with E-state index in [9.17, 15) is 9.59 Å². The molecular formula is C11H9NO4. The minimum atomic E-state index is -0.451. The normalized spacial score (nSPS) is 10.1. The van der Waals surface area contributed by atoms with Crippen LogP contribution in [0.15, 0.2) is 28.7 Å². The van der Waals surface area contributed by atoms with E-state index >= 15 is 0 Å². The number of nitrogens with one attached hydrogen (secondary N) is 1. The fraction of sp³-hybridized carbons (Fsp3) is 0.0909. The Morgan fingerprint density at radius 2 is 2.19 bits per heavy atom. The minimum Gasteiger partial charge on any atom is -0.464 e. The Balaban J connectivity index is 2.31. The number of carbonyl (C=O) groups is 2. The van der Waals surface area contributed by atoms with Gasteiger partial charge in [0, 0.05) is 0 Å². The Bertz CT molecular complexity index is 524. The summed E-state index contributed by atoms with van der Waals surface area (Å²) < 4.78 is 9.75. The number of methoxy groups -OCH3 is 1. The van der Waals surface area contributed by atoms with Crippen LogP contribution >= 0.6 is 0 Å². The standard InChI is InChI=1S/C11H9NO4/c1-15-11(14)9-4-3-8(12-9)10-5-2-7(6-13)16-10/h2-6,12H,1H3. The van der Waals surface area contributed by atoms with Gasteiger partial charge in [0.2, 0.25) is 0 Å². The van der Waals surface area contributed by atoms with Crippen LogP contribution in [0.4, 0.5) is 0 Å². The molecular weight excluding hydrogens is 210 g/mol. The molecule has 16 heavy (non-hydrogen) atoms. The average Bonchev–Trinajstić information content (AvgIpc) is 2.95. The Morgan fingerprint density at radius 1 is 1.38 bits per heavy atom. The number of aromatic nitrogens is 1. The first-order valence-corrected chi connectivity index (χ1v) is 4.57. The number of rotatable bonds is 3. The lowest BCUT2D eigenvalue weighted by atomic mass is 10.3. The lowest BCUT2D eigenvalue weighted by Crippen LogP contribution is -2.00. The van der Waals surface area contributed by atoms with Gasteiger partial charge in [-0.15, -0.1) is 0 Å². The molecule has 0 saturated carbocycles. The summed E-state index contributed by atoms with van der Waals surface area (Å²) in [6.45, 7) is 0. The number of furan rings is 1. The topological polar surface area (TPSA) is 72.3 Å². The van der Waals surface area contributed by atoms with Gasteiger partial charge in [-0.3, -0.25) is 4.79 Å². The lowest BCUT2D eigenvalue weighted by molar-refractivity contribution is 0.0595. The number of hydrogen-bond acceptors (Lipinski definition) is 4. The van der Waals surface area contributed by atoms with Crippen LogP contribution in [0.1, 0.15) is 21.0 Å². The van der Waals surface area contributed by atoms with Gasteiger partial charge >= 0.3 is 5.97 Å². The second-order valence-corrected chi connectivity index (χ2v) is 3.10. The molecule has 2 heterocycles. The fourth-order valence-corrected chi connectivity index (χ4v) is 1.33. The molecule has 0 radical (unpaired) electrons. The number of aldehydes is 1. The molecule has 0 aromatic carbocycles. The molecule has 0 saturated heterocycles. The van der Waals surface area contributed by atoms with Crippen molar-refractivity contribution >= 4 is 12.3 Å². The highest BCUT2D eigenvalue weighted by Gasteiger charge is 2.11. The van der Waals surface area contributed by atoms with Gasteiger partial charge in [-0.1, -0.05) is 0 Å². The molecule has 0 aliphatic carbocycles. The highest BCUT2D eigenvalue weighted by Crippen LogP contribution is 2.20. The molecule has 2 aromatic heterocycles. The van der Waals surface area contributed by atoms with Crippen LogP contribution in [0, 0.1) is 0 Å². The fourth-order valence-electron chi connectivity index (χ4n) is 1.33. The molecule has 0 atom stereocenters. The Labute approximate surface area is 91.0 Å². The molecule has 5 nitrogen and oxygen atoms in total. The Morgan fingerprint density at radius 3 is 2.81 bits per heavy atom. The smallest absolute Gasteiger partial charge is 0.354 e. The van der Waals surface area contributed by atoms with Crippen molar-refractivity contribution in [1.29, 1.82) is 0 Å². The summed E-state index contributed by atoms with van der Waals surface area (Å²) in [4.78, 5) is 24.4. The molecule has 0 bridgehead atoms. The second kappa shape index (κ2) is 4.06. The molecule has 82 valence electrons. The first kappa shape index (κ1) is 10.2. The van der Waals surface area contributed by atoms with E-state index in [1.807, 2.05) is 0 Å². The largest absolute Gasteiger partial charge is 0.464 e. The van der Waals surface area contributed by atoms with E-state index in [1.54, 1.807) is 24.3 Å². The van der Waals surface area contributed by atoms with Crippen LogP contribution in [0.25, 0.3) is 11.5 Å². The molecule has 2 rings (SSSR count). The Hall–Kier alpha value is -2.30. The van der Waals surface area contributed by atoms with Gasteiger partial charge < -0.3 is 14.1 Å². The van der Waals surface area contributed by atoms with Gasteiger partial charge in [-0.2, -0.15) is 0 Å². The number of esters is 1. The zero-order chi connectivity index (χ0) is 11.5. The van der Waals surface area contributed by atoms with Crippen molar-refractivity contribution < 1.29 is 18.7 Å². The van der Waals surface area contributed by atoms with Crippen molar-refractivity contribution in [3.05, 3.63) is 35.7 Å². The zero-order valence-electron chi connectivity index (χ0n) is 8.52. The van der Waals surface area contributed by atoms with Crippen molar-refractivity contribution in [2.75, 3.05) is 7.11 Å². The first-order valence-electron chi connectivity index (χ1n) is 4.57. The average molecular weight is 219 g/mol. The van der Waals surface area contributed by atoms with Gasteiger partial charge in [0.25, 0.3) is 0 Å². The van der Waals surface area contributed by atoms with Gasteiger partial charge in [-0.25, -0.2) is 4.79 Å². The number of hydrogen-bond donors (Lipinski definition) is 1. The van der Waals surface area contributed by atoms with Crippen molar-refractivity contribution in [2.24, 2.45) is 0 Å². The SMILES string of the molecule is COC(=O)c1ccc(-c2ccc(C=O)o2)[nH]1. The monoisotopic (exact) mass is 219 g/mol. The number of H-pyrrole nitrogens is 1. The van der Waals surface area contributed by atoms with Gasteiger partial charge in [0.15, 0.2) is 17.8 Å². The third kappa shape index (κ3) is 1.75. The summed E-state index contributed by atoms with van der Waals surface area (Å²) in [5, 5.41) is 0. The van der Waals surface area contributed by atoms with Crippen LogP contribution < -0.4 is 0 Å². The lowest BCUT2D eigenvalue weighted by Gasteiger charge is -1.94. The van der Waals surface area contributed by atoms with Gasteiger partial charge in [0.1, 0.15) is 5.69 Å². The van der Waals surface area contributed by atoms with E-state index in [4.69, 9.17) is 4.42 Å². The summed E-state index contributed by atoms with van der Waals surface area (Å²) in [6.07, 6.45) is 0.619. The minimum absolute atomic E-state index is 0.240. The highest BCUT2D eigenvalue weighted by molar-refractivity contribution is 5.88. The number of carbonyl (C=O) groups excluding carboxylic acids is 2. The third-order valence-electron chi connectivity index (χ3n) is 2.10. The zero-order valence-corrected chi connectivity index (χ0v) is 8.52. The molecule has 0 amide bonds. The Kier molecular flexibility index (Phi) is 2.59. The van der Waals surface area contributed by atoms with Crippen LogP contribution in [-0.4, -0.2) is 24.3 Å². The van der Waals surface area contributed by atoms with E-state index in [2.05, 4.69) is 9.72 Å². The molecule has 5 heteroatoms. The first-order chi connectivity index (χ1) is 7.74. The van der Waals surface area contributed by atoms with Crippen LogP contribution in [-0.2, 0) is 4.74 Å². The van der Waals surface area contributed by atoms with E-state index in [1.165, 1.54) is 7.11 Å². The quantitative estimate of drug-likeness (QED) is 0.631. The van der Waals surface area contributed by atoms with Crippen molar-refractivity contribution in [2.45, 2.75) is 0 Å². The predicted molar refractivity (Wildman–Crippen MR) is 55.2 cm³/mol. The second-order valence-electron chi connectivity index (χ2n) is 3.10. The number of ether oxygens (including phenoxy) is 1. The number of aromatic amines is 1. The van der Waals surface area contributed by atoms with Crippen molar-refractivity contribution in [3.63, 3.8) is 0 Å². The maximum absolute atomic E-state index is 11.2. The van der Waals surface area contributed by atoms with Crippen LogP contribution in [0.5, 0.6) is 0 Å². The van der Waals surface area contributed by atoms with Crippen molar-refractivity contribution in [3.8, 4) is 11.5 Å². The van der Waals surface area contributed by atoms with E-state index in [0.717, 1.165) is 0 Å². The molecule has 0 unspecified atom stereocenters. The molecule has 2 aromatic rings. The van der Waals surface area contributed by atoms with Crippen molar-refractivity contribution in [1.82, 2.24) is 4.98 Å². The van der Waals surface area contributed by atoms with Gasteiger partial charge in [0.05, 0.1) is 12.8 Å². The summed E-state index contributed by atoms with van der Waals surface area (Å²) >= 11 is 0. The molecule has 0 aliphatic rings. The summed E-state index contributed by atoms with van der Waals surface area (Å²) in [5.74, 6) is 0.287. The van der Waals surface area contributed by atoms with E-state index < -0.39 is 5.97 Å². The molecule has 0 fully saturated rings.